The molecule has 1 atom stereocenters. The van der Waals surface area contributed by atoms with Crippen LogP contribution < -0.4 is 5.32 Å². The molecule has 0 bridgehead atoms. The lowest BCUT2D eigenvalue weighted by atomic mass is 10.2. The number of ether oxygens (including phenoxy) is 1. The predicted octanol–water partition coefficient (Wildman–Crippen LogP) is 0.415. The van der Waals surface area contributed by atoms with E-state index >= 15 is 0 Å². The van der Waals surface area contributed by atoms with Crippen molar-refractivity contribution in [2.45, 2.75) is 31.3 Å². The van der Waals surface area contributed by atoms with Crippen molar-refractivity contribution in [1.29, 1.82) is 0 Å². The molecular formula is C14H24N4O. The largest absolute Gasteiger partial charge is 0.378 e. The van der Waals surface area contributed by atoms with Gasteiger partial charge in [-0.1, -0.05) is 0 Å². The second kappa shape index (κ2) is 6.03. The first-order valence-corrected chi connectivity index (χ1v) is 7.34. The minimum Gasteiger partial charge on any atom is -0.378 e. The van der Waals surface area contributed by atoms with E-state index in [1.807, 2.05) is 17.9 Å². The van der Waals surface area contributed by atoms with E-state index in [2.05, 4.69) is 21.5 Å². The van der Waals surface area contributed by atoms with Crippen LogP contribution in [0.1, 0.15) is 18.4 Å². The summed E-state index contributed by atoms with van der Waals surface area (Å²) in [6.07, 6.45) is 7.86. The molecule has 5 nitrogen and oxygen atoms in total. The van der Waals surface area contributed by atoms with Gasteiger partial charge in [0, 0.05) is 45.0 Å². The van der Waals surface area contributed by atoms with Gasteiger partial charge in [0.2, 0.25) is 0 Å². The first-order chi connectivity index (χ1) is 9.31. The molecule has 2 aliphatic rings. The van der Waals surface area contributed by atoms with Crippen LogP contribution in [0.3, 0.4) is 0 Å². The third-order valence-electron chi connectivity index (χ3n) is 4.02. The highest BCUT2D eigenvalue weighted by molar-refractivity contribution is 5.04. The molecule has 19 heavy (non-hydrogen) atoms. The summed E-state index contributed by atoms with van der Waals surface area (Å²) in [7, 11) is 1.97. The van der Waals surface area contributed by atoms with Crippen LogP contribution in [0.2, 0.25) is 0 Å². The van der Waals surface area contributed by atoms with Crippen LogP contribution in [0.4, 0.5) is 0 Å². The van der Waals surface area contributed by atoms with Crippen LogP contribution in [-0.2, 0) is 18.2 Å². The molecule has 5 heteroatoms. The Balaban J connectivity index is 1.48. The maximum atomic E-state index is 5.62. The van der Waals surface area contributed by atoms with Crippen LogP contribution >= 0.6 is 0 Å². The fourth-order valence-corrected chi connectivity index (χ4v) is 2.64. The van der Waals surface area contributed by atoms with E-state index in [0.29, 0.717) is 6.04 Å². The SMILES string of the molecule is Cn1cc(CCN2CCOCC2CNC2CC2)cn1. The lowest BCUT2D eigenvalue weighted by Crippen LogP contribution is -2.51. The summed E-state index contributed by atoms with van der Waals surface area (Å²) >= 11 is 0. The number of hydrogen-bond acceptors (Lipinski definition) is 4. The zero-order valence-corrected chi connectivity index (χ0v) is 11.7. The van der Waals surface area contributed by atoms with Gasteiger partial charge in [0.05, 0.1) is 19.4 Å². The van der Waals surface area contributed by atoms with Crippen LogP contribution in [0.5, 0.6) is 0 Å². The van der Waals surface area contributed by atoms with Gasteiger partial charge in [0.1, 0.15) is 0 Å². The molecule has 2 fully saturated rings. The molecular weight excluding hydrogens is 240 g/mol. The number of nitrogens with zero attached hydrogens (tertiary/aromatic N) is 3. The summed E-state index contributed by atoms with van der Waals surface area (Å²) in [6, 6.07) is 1.31. The lowest BCUT2D eigenvalue weighted by molar-refractivity contribution is -0.00628. The number of hydrogen-bond donors (Lipinski definition) is 1. The van der Waals surface area contributed by atoms with Crippen molar-refractivity contribution in [3.8, 4) is 0 Å². The van der Waals surface area contributed by atoms with Crippen molar-refractivity contribution >= 4 is 0 Å². The average molecular weight is 264 g/mol. The molecule has 1 aromatic rings. The fourth-order valence-electron chi connectivity index (χ4n) is 2.64. The number of rotatable bonds is 6. The van der Waals surface area contributed by atoms with E-state index in [-0.39, 0.29) is 0 Å². The number of morpholine rings is 1. The highest BCUT2D eigenvalue weighted by atomic mass is 16.5. The van der Waals surface area contributed by atoms with Gasteiger partial charge in [-0.2, -0.15) is 5.10 Å². The topological polar surface area (TPSA) is 42.3 Å². The maximum absolute atomic E-state index is 5.62. The van der Waals surface area contributed by atoms with Crippen molar-refractivity contribution < 1.29 is 4.74 Å². The minimum absolute atomic E-state index is 0.533. The van der Waals surface area contributed by atoms with Crippen LogP contribution in [-0.4, -0.2) is 59.6 Å². The van der Waals surface area contributed by atoms with E-state index in [1.165, 1.54) is 18.4 Å². The molecule has 3 rings (SSSR count). The number of aryl methyl sites for hydroxylation is 1. The Bertz CT molecular complexity index is 402. The molecule has 1 saturated heterocycles. The lowest BCUT2D eigenvalue weighted by Gasteiger charge is -2.35. The van der Waals surface area contributed by atoms with Crippen molar-refractivity contribution in [3.63, 3.8) is 0 Å². The predicted molar refractivity (Wildman–Crippen MR) is 74.1 cm³/mol. The summed E-state index contributed by atoms with van der Waals surface area (Å²) in [5, 5.41) is 7.85. The summed E-state index contributed by atoms with van der Waals surface area (Å²) in [4.78, 5) is 2.56. The Morgan fingerprint density at radius 1 is 1.47 bits per heavy atom. The molecule has 1 aromatic heterocycles. The molecule has 0 spiro atoms. The van der Waals surface area contributed by atoms with Gasteiger partial charge >= 0.3 is 0 Å². The third kappa shape index (κ3) is 3.78. The quantitative estimate of drug-likeness (QED) is 0.808. The molecule has 0 radical (unpaired) electrons. The molecule has 1 saturated carbocycles. The fraction of sp³-hybridized carbons (Fsp3) is 0.786. The van der Waals surface area contributed by atoms with Crippen molar-refractivity contribution in [2.24, 2.45) is 7.05 Å². The Morgan fingerprint density at radius 3 is 3.11 bits per heavy atom. The maximum Gasteiger partial charge on any atom is 0.0634 e. The summed E-state index contributed by atoms with van der Waals surface area (Å²) in [6.45, 7) is 4.96. The molecule has 106 valence electrons. The monoisotopic (exact) mass is 264 g/mol. The second-order valence-corrected chi connectivity index (χ2v) is 5.72. The third-order valence-corrected chi connectivity index (χ3v) is 4.02. The van der Waals surface area contributed by atoms with Gasteiger partial charge < -0.3 is 10.1 Å². The number of aromatic nitrogens is 2. The van der Waals surface area contributed by atoms with E-state index < -0.39 is 0 Å². The molecule has 1 aliphatic carbocycles. The summed E-state index contributed by atoms with van der Waals surface area (Å²) in [5.74, 6) is 0. The van der Waals surface area contributed by atoms with Crippen LogP contribution in [0, 0.1) is 0 Å². The normalized spacial score (nSPS) is 24.8. The Labute approximate surface area is 114 Å². The van der Waals surface area contributed by atoms with E-state index in [4.69, 9.17) is 4.74 Å². The molecule has 0 aromatic carbocycles. The van der Waals surface area contributed by atoms with E-state index in [1.54, 1.807) is 0 Å². The second-order valence-electron chi connectivity index (χ2n) is 5.72. The minimum atomic E-state index is 0.533. The number of nitrogens with one attached hydrogen (secondary N) is 1. The van der Waals surface area contributed by atoms with Gasteiger partial charge in [-0.15, -0.1) is 0 Å². The smallest absolute Gasteiger partial charge is 0.0634 e. The highest BCUT2D eigenvalue weighted by Crippen LogP contribution is 2.19. The van der Waals surface area contributed by atoms with Crippen molar-refractivity contribution in [3.05, 3.63) is 18.0 Å². The average Bonchev–Trinajstić information content (AvgIpc) is 3.17. The Kier molecular flexibility index (Phi) is 4.15. The molecule has 1 unspecified atom stereocenters. The van der Waals surface area contributed by atoms with E-state index in [0.717, 1.165) is 45.3 Å². The first kappa shape index (κ1) is 13.1. The zero-order valence-electron chi connectivity index (χ0n) is 11.7. The van der Waals surface area contributed by atoms with Crippen molar-refractivity contribution in [1.82, 2.24) is 20.0 Å². The van der Waals surface area contributed by atoms with Crippen LogP contribution in [0.15, 0.2) is 12.4 Å². The summed E-state index contributed by atoms with van der Waals surface area (Å²) < 4.78 is 7.50. The first-order valence-electron chi connectivity index (χ1n) is 7.34. The van der Waals surface area contributed by atoms with Gasteiger partial charge in [-0.05, 0) is 24.8 Å². The molecule has 1 N–H and O–H groups in total. The standard InChI is InChI=1S/C14H24N4O/c1-17-10-12(8-16-17)4-5-18-6-7-19-11-14(18)9-15-13-2-3-13/h8,10,13-15H,2-7,9,11H2,1H3. The Morgan fingerprint density at radius 2 is 2.37 bits per heavy atom. The van der Waals surface area contributed by atoms with Crippen LogP contribution in [0.25, 0.3) is 0 Å². The van der Waals surface area contributed by atoms with E-state index in [9.17, 15) is 0 Å². The highest BCUT2D eigenvalue weighted by Gasteiger charge is 2.26. The summed E-state index contributed by atoms with van der Waals surface area (Å²) in [5.41, 5.74) is 1.32. The van der Waals surface area contributed by atoms with Gasteiger partial charge in [-0.3, -0.25) is 9.58 Å². The van der Waals surface area contributed by atoms with Gasteiger partial charge in [-0.25, -0.2) is 0 Å². The molecule has 0 amide bonds. The Hall–Kier alpha value is -0.910. The van der Waals surface area contributed by atoms with Crippen molar-refractivity contribution in [2.75, 3.05) is 32.8 Å². The van der Waals surface area contributed by atoms with Gasteiger partial charge in [0.15, 0.2) is 0 Å². The van der Waals surface area contributed by atoms with Gasteiger partial charge in [0.25, 0.3) is 0 Å². The zero-order chi connectivity index (χ0) is 13.1. The molecule has 2 heterocycles. The molecule has 1 aliphatic heterocycles.